The largest absolute Gasteiger partial charge is 0.456 e. The molecule has 0 N–H and O–H groups in total. The molecule has 0 fully saturated rings. The molecule has 0 radical (unpaired) electrons. The molecule has 0 saturated heterocycles. The Balaban J connectivity index is 1.32. The summed E-state index contributed by atoms with van der Waals surface area (Å²) in [5.41, 5.74) is 5.79. The summed E-state index contributed by atoms with van der Waals surface area (Å²) in [4.78, 5) is 0. The minimum Gasteiger partial charge on any atom is -0.456 e. The van der Waals surface area contributed by atoms with E-state index < -0.39 is 8.07 Å². The number of para-hydroxylation sites is 2. The van der Waals surface area contributed by atoms with Gasteiger partial charge in [0, 0.05) is 27.2 Å². The van der Waals surface area contributed by atoms with Crippen LogP contribution in [0.2, 0.25) is 5.54 Å². The van der Waals surface area contributed by atoms with E-state index >= 15 is 0 Å². The van der Waals surface area contributed by atoms with Crippen LogP contribution in [0.15, 0.2) is 174 Å². The van der Waals surface area contributed by atoms with Crippen LogP contribution in [-0.2, 0) is 0 Å². The van der Waals surface area contributed by atoms with Gasteiger partial charge in [-0.05, 0) is 63.9 Å². The lowest BCUT2D eigenvalue weighted by molar-refractivity contribution is 0.669. The highest BCUT2D eigenvalue weighted by Crippen LogP contribution is 2.36. The molecule has 0 bridgehead atoms. The number of hydrogen-bond acceptors (Lipinski definition) is 1. The van der Waals surface area contributed by atoms with Crippen molar-refractivity contribution in [1.29, 1.82) is 0 Å². The molecule has 1 atom stereocenters. The Bertz CT molecular complexity index is 2320. The van der Waals surface area contributed by atoms with Crippen molar-refractivity contribution in [3.63, 3.8) is 0 Å². The van der Waals surface area contributed by atoms with Crippen LogP contribution in [-0.4, -0.2) is 12.6 Å². The van der Waals surface area contributed by atoms with Crippen molar-refractivity contribution in [3.05, 3.63) is 170 Å². The summed E-state index contributed by atoms with van der Waals surface area (Å²) in [5, 5.41) is 9.12. The Hall–Kier alpha value is -5.38. The predicted octanol–water partition coefficient (Wildman–Crippen LogP) is 9.04. The SMILES string of the molecule is C1=CCC([Si](c2ccccc2)(c2ccccc2)c2ccc3oc4ccc(-n5c6ccccc6c6ccccc65)cc4c3c2)C=C1. The molecule has 9 rings (SSSR count). The van der Waals surface area contributed by atoms with E-state index in [1.165, 1.54) is 42.8 Å². The fourth-order valence-corrected chi connectivity index (χ4v) is 13.1. The van der Waals surface area contributed by atoms with Crippen LogP contribution in [0.3, 0.4) is 0 Å². The lowest BCUT2D eigenvalue weighted by atomic mass is 10.1. The van der Waals surface area contributed by atoms with E-state index in [1.54, 1.807) is 0 Å². The lowest BCUT2D eigenvalue weighted by Crippen LogP contribution is -2.69. The van der Waals surface area contributed by atoms with Gasteiger partial charge in [0.1, 0.15) is 11.2 Å². The Kier molecular flexibility index (Phi) is 6.00. The first-order valence-electron chi connectivity index (χ1n) is 15.7. The summed E-state index contributed by atoms with van der Waals surface area (Å²) in [6.45, 7) is 0. The zero-order chi connectivity index (χ0) is 29.8. The zero-order valence-electron chi connectivity index (χ0n) is 24.8. The number of hydrogen-bond donors (Lipinski definition) is 0. The summed E-state index contributed by atoms with van der Waals surface area (Å²) >= 11 is 0. The summed E-state index contributed by atoms with van der Waals surface area (Å²) in [5.74, 6) is 0. The molecule has 0 amide bonds. The topological polar surface area (TPSA) is 18.1 Å². The molecular weight excluding hydrogens is 563 g/mol. The highest BCUT2D eigenvalue weighted by atomic mass is 28.3. The van der Waals surface area contributed by atoms with E-state index in [0.29, 0.717) is 5.54 Å². The second-order valence-electron chi connectivity index (χ2n) is 12.1. The van der Waals surface area contributed by atoms with Crippen LogP contribution in [0.1, 0.15) is 6.42 Å². The van der Waals surface area contributed by atoms with Crippen LogP contribution in [0.25, 0.3) is 49.4 Å². The summed E-state index contributed by atoms with van der Waals surface area (Å²) in [6, 6.07) is 53.5. The minimum atomic E-state index is -2.53. The normalized spacial score (nSPS) is 15.1. The average molecular weight is 594 g/mol. The quantitative estimate of drug-likeness (QED) is 0.144. The molecule has 214 valence electrons. The smallest absolute Gasteiger partial charge is 0.155 e. The molecule has 45 heavy (non-hydrogen) atoms. The number of aromatic nitrogens is 1. The van der Waals surface area contributed by atoms with Crippen LogP contribution >= 0.6 is 0 Å². The second kappa shape index (κ2) is 10.4. The lowest BCUT2D eigenvalue weighted by Gasteiger charge is -2.40. The summed E-state index contributed by atoms with van der Waals surface area (Å²) in [7, 11) is -2.53. The molecule has 8 aromatic rings. The monoisotopic (exact) mass is 593 g/mol. The Morgan fingerprint density at radius 1 is 0.511 bits per heavy atom. The molecule has 3 heteroatoms. The Morgan fingerprint density at radius 2 is 1.09 bits per heavy atom. The van der Waals surface area contributed by atoms with E-state index in [0.717, 1.165) is 28.7 Å². The molecule has 2 aromatic heterocycles. The molecule has 1 aliphatic rings. The summed E-state index contributed by atoms with van der Waals surface area (Å²) in [6.07, 6.45) is 10.2. The van der Waals surface area contributed by atoms with Gasteiger partial charge < -0.3 is 8.98 Å². The van der Waals surface area contributed by atoms with Gasteiger partial charge in [0.15, 0.2) is 8.07 Å². The van der Waals surface area contributed by atoms with Crippen molar-refractivity contribution < 1.29 is 4.42 Å². The fourth-order valence-electron chi connectivity index (χ4n) is 7.80. The molecule has 0 saturated carbocycles. The van der Waals surface area contributed by atoms with E-state index in [4.69, 9.17) is 4.42 Å². The third kappa shape index (κ3) is 3.94. The van der Waals surface area contributed by atoms with Crippen molar-refractivity contribution in [2.75, 3.05) is 0 Å². The third-order valence-corrected chi connectivity index (χ3v) is 15.0. The van der Waals surface area contributed by atoms with E-state index in [-0.39, 0.29) is 0 Å². The van der Waals surface area contributed by atoms with Gasteiger partial charge >= 0.3 is 0 Å². The second-order valence-corrected chi connectivity index (χ2v) is 16.1. The first kappa shape index (κ1) is 26.1. The van der Waals surface area contributed by atoms with Gasteiger partial charge in [0.25, 0.3) is 0 Å². The molecule has 1 aliphatic carbocycles. The molecule has 0 spiro atoms. The van der Waals surface area contributed by atoms with Crippen LogP contribution in [0.5, 0.6) is 0 Å². The number of benzene rings is 6. The Morgan fingerprint density at radius 3 is 1.71 bits per heavy atom. The molecule has 0 aliphatic heterocycles. The maximum Gasteiger partial charge on any atom is 0.155 e. The molecular formula is C42H31NOSi. The van der Waals surface area contributed by atoms with Crippen molar-refractivity contribution >= 4 is 67.4 Å². The van der Waals surface area contributed by atoms with Crippen LogP contribution in [0, 0.1) is 0 Å². The van der Waals surface area contributed by atoms with Gasteiger partial charge in [-0.25, -0.2) is 0 Å². The maximum atomic E-state index is 6.51. The van der Waals surface area contributed by atoms with Crippen molar-refractivity contribution in [1.82, 2.24) is 4.57 Å². The standard InChI is InChI=1S/C42H31NOSi/c1-4-14-31(15-5-1)45(32-16-6-2-7-17-32,33-18-8-3-9-19-33)34-25-27-42-38(29-34)37-28-30(24-26-41(37)44-42)43-39-22-12-10-20-35(39)36-21-11-13-23-40(36)43/h1-18,20-29,33H,19H2. The number of nitrogens with zero attached hydrogens (tertiary/aromatic N) is 1. The molecule has 6 aromatic carbocycles. The first-order chi connectivity index (χ1) is 22.3. The molecule has 1 unspecified atom stereocenters. The number of fused-ring (bicyclic) bond motifs is 6. The first-order valence-corrected chi connectivity index (χ1v) is 17.8. The predicted molar refractivity (Wildman–Crippen MR) is 192 cm³/mol. The van der Waals surface area contributed by atoms with Gasteiger partial charge in [0.2, 0.25) is 0 Å². The zero-order valence-corrected chi connectivity index (χ0v) is 25.8. The van der Waals surface area contributed by atoms with Crippen molar-refractivity contribution in [3.8, 4) is 5.69 Å². The van der Waals surface area contributed by atoms with E-state index in [1.807, 2.05) is 0 Å². The van der Waals surface area contributed by atoms with E-state index in [2.05, 4.69) is 174 Å². The van der Waals surface area contributed by atoms with Gasteiger partial charge in [-0.2, -0.15) is 0 Å². The number of furan rings is 1. The third-order valence-electron chi connectivity index (χ3n) is 9.74. The average Bonchev–Trinajstić information content (AvgIpc) is 3.65. The Labute approximate surface area is 263 Å². The van der Waals surface area contributed by atoms with Crippen LogP contribution in [0.4, 0.5) is 0 Å². The van der Waals surface area contributed by atoms with Crippen molar-refractivity contribution in [2.24, 2.45) is 0 Å². The van der Waals surface area contributed by atoms with Gasteiger partial charge in [-0.3, -0.25) is 0 Å². The number of allylic oxidation sites excluding steroid dienone is 4. The van der Waals surface area contributed by atoms with Gasteiger partial charge in [0.05, 0.1) is 11.0 Å². The van der Waals surface area contributed by atoms with Crippen molar-refractivity contribution in [2.45, 2.75) is 12.0 Å². The molecule has 2 heterocycles. The van der Waals surface area contributed by atoms with E-state index in [9.17, 15) is 0 Å². The number of rotatable bonds is 5. The van der Waals surface area contributed by atoms with Gasteiger partial charge in [-0.15, -0.1) is 0 Å². The highest BCUT2D eigenvalue weighted by Gasteiger charge is 2.45. The minimum absolute atomic E-state index is 0.385. The van der Waals surface area contributed by atoms with Gasteiger partial charge in [-0.1, -0.05) is 133 Å². The maximum absolute atomic E-state index is 6.51. The van der Waals surface area contributed by atoms with Crippen LogP contribution < -0.4 is 15.6 Å². The summed E-state index contributed by atoms with van der Waals surface area (Å²) < 4.78 is 8.89. The molecule has 2 nitrogen and oxygen atoms in total. The fraction of sp³-hybridized carbons (Fsp3) is 0.0476. The highest BCUT2D eigenvalue weighted by molar-refractivity contribution is 7.12.